The van der Waals surface area contributed by atoms with Crippen LogP contribution in [0.4, 0.5) is 0 Å². The number of carbonyl (C=O) groups is 3. The molecule has 5 atom stereocenters. The standard InChI is InChI=1S/C29H40N2O6/c1-18(30-24(33)11-9-19-8-10-22(32)23(17-19)36-5)26(34)31-15-6-7-21(31)27(35)37-16-13-20-12-14-29(4)25(20)28(29,2)3/h8-11,17-18,20-21,25,32H,6-7,12-16H2,1-5H3,(H,30,33)/b11-9+/t18-,20?,21?,25?,29?/m0/s1. The van der Waals surface area contributed by atoms with E-state index in [1.54, 1.807) is 30.0 Å². The highest BCUT2D eigenvalue weighted by molar-refractivity contribution is 5.96. The predicted octanol–water partition coefficient (Wildman–Crippen LogP) is 3.92. The van der Waals surface area contributed by atoms with Crippen molar-refractivity contribution in [2.75, 3.05) is 20.3 Å². The molecule has 0 radical (unpaired) electrons. The SMILES string of the molecule is COc1cc(/C=C/C(=O)N[C@@H](C)C(=O)N2CCCC2C(=O)OCCC2CCC3(C)C2C3(C)C)ccc1O. The maximum atomic E-state index is 13.1. The third-order valence-corrected chi connectivity index (χ3v) is 9.26. The van der Waals surface area contributed by atoms with Crippen LogP contribution in [0.3, 0.4) is 0 Å². The van der Waals surface area contributed by atoms with Crippen molar-refractivity contribution in [1.29, 1.82) is 0 Å². The van der Waals surface area contributed by atoms with Crippen molar-refractivity contribution >= 4 is 23.9 Å². The monoisotopic (exact) mass is 512 g/mol. The van der Waals surface area contributed by atoms with Gasteiger partial charge in [0.15, 0.2) is 11.5 Å². The Morgan fingerprint density at radius 2 is 2.00 bits per heavy atom. The number of phenolic OH excluding ortho intramolecular Hbond substituents is 1. The van der Waals surface area contributed by atoms with Crippen molar-refractivity contribution in [3.63, 3.8) is 0 Å². The van der Waals surface area contributed by atoms with E-state index in [-0.39, 0.29) is 17.6 Å². The van der Waals surface area contributed by atoms with Gasteiger partial charge in [-0.05, 0) is 85.5 Å². The number of likely N-dealkylation sites (tertiary alicyclic amines) is 1. The molecule has 0 bridgehead atoms. The molecule has 8 nitrogen and oxygen atoms in total. The summed E-state index contributed by atoms with van der Waals surface area (Å²) in [6, 6.07) is 3.34. The molecule has 2 amide bonds. The number of amides is 2. The number of esters is 1. The van der Waals surface area contributed by atoms with Gasteiger partial charge < -0.3 is 24.8 Å². The van der Waals surface area contributed by atoms with Gasteiger partial charge in [-0.25, -0.2) is 4.79 Å². The first-order valence-corrected chi connectivity index (χ1v) is 13.3. The zero-order chi connectivity index (χ0) is 27.0. The molecule has 4 rings (SSSR count). The summed E-state index contributed by atoms with van der Waals surface area (Å²) >= 11 is 0. The smallest absolute Gasteiger partial charge is 0.328 e. The van der Waals surface area contributed by atoms with Gasteiger partial charge in [-0.2, -0.15) is 0 Å². The van der Waals surface area contributed by atoms with E-state index in [1.807, 2.05) is 0 Å². The van der Waals surface area contributed by atoms with Crippen LogP contribution in [0.1, 0.15) is 65.4 Å². The molecule has 0 aromatic heterocycles. The van der Waals surface area contributed by atoms with Gasteiger partial charge in [0.05, 0.1) is 13.7 Å². The van der Waals surface area contributed by atoms with Crippen LogP contribution >= 0.6 is 0 Å². The van der Waals surface area contributed by atoms with Crippen molar-refractivity contribution in [3.05, 3.63) is 29.8 Å². The highest BCUT2D eigenvalue weighted by Gasteiger charge is 2.72. The first kappa shape index (κ1) is 27.0. The van der Waals surface area contributed by atoms with Crippen molar-refractivity contribution in [3.8, 4) is 11.5 Å². The lowest BCUT2D eigenvalue weighted by Gasteiger charge is -2.26. The van der Waals surface area contributed by atoms with Crippen molar-refractivity contribution < 1.29 is 29.0 Å². The summed E-state index contributed by atoms with van der Waals surface area (Å²) in [7, 11) is 1.45. The molecule has 2 saturated carbocycles. The van der Waals surface area contributed by atoms with E-state index in [2.05, 4.69) is 26.1 Å². The highest BCUT2D eigenvalue weighted by Crippen LogP contribution is 2.78. The van der Waals surface area contributed by atoms with Crippen molar-refractivity contribution in [1.82, 2.24) is 10.2 Å². The number of benzene rings is 1. The van der Waals surface area contributed by atoms with Gasteiger partial charge in [0, 0.05) is 12.6 Å². The molecule has 37 heavy (non-hydrogen) atoms. The molecular weight excluding hydrogens is 472 g/mol. The molecule has 2 N–H and O–H groups in total. The van der Waals surface area contributed by atoms with Crippen LogP contribution in [0, 0.1) is 22.7 Å². The summed E-state index contributed by atoms with van der Waals surface area (Å²) in [4.78, 5) is 39.9. The van der Waals surface area contributed by atoms with Crippen LogP contribution in [-0.2, 0) is 19.1 Å². The van der Waals surface area contributed by atoms with Gasteiger partial charge in [0.1, 0.15) is 12.1 Å². The topological polar surface area (TPSA) is 105 Å². The number of phenols is 1. The summed E-state index contributed by atoms with van der Waals surface area (Å²) in [5.41, 5.74) is 1.48. The Bertz CT molecular complexity index is 1080. The molecule has 2 aliphatic carbocycles. The number of hydrogen-bond acceptors (Lipinski definition) is 6. The Balaban J connectivity index is 1.25. The summed E-state index contributed by atoms with van der Waals surface area (Å²) in [5.74, 6) is 0.544. The number of nitrogens with one attached hydrogen (secondary N) is 1. The van der Waals surface area contributed by atoms with Crippen molar-refractivity contribution in [2.45, 2.75) is 71.9 Å². The largest absolute Gasteiger partial charge is 0.504 e. The number of carbonyl (C=O) groups excluding carboxylic acids is 3. The number of nitrogens with zero attached hydrogens (tertiary/aromatic N) is 1. The zero-order valence-electron chi connectivity index (χ0n) is 22.6. The van der Waals surface area contributed by atoms with Crippen LogP contribution < -0.4 is 10.1 Å². The lowest BCUT2D eigenvalue weighted by molar-refractivity contribution is -0.154. The van der Waals surface area contributed by atoms with Gasteiger partial charge in [0.25, 0.3) is 0 Å². The molecule has 1 heterocycles. The van der Waals surface area contributed by atoms with Gasteiger partial charge in [0.2, 0.25) is 11.8 Å². The second-order valence-corrected chi connectivity index (χ2v) is 11.6. The molecule has 1 aromatic carbocycles. The highest BCUT2D eigenvalue weighted by atomic mass is 16.5. The molecule has 0 spiro atoms. The van der Waals surface area contributed by atoms with Gasteiger partial charge in [-0.15, -0.1) is 0 Å². The molecular formula is C29H40N2O6. The molecule has 1 aromatic rings. The second kappa shape index (κ2) is 10.4. The lowest BCUT2D eigenvalue weighted by Crippen LogP contribution is -2.50. The van der Waals surface area contributed by atoms with Crippen LogP contribution in [-0.4, -0.2) is 60.1 Å². The van der Waals surface area contributed by atoms with E-state index in [0.29, 0.717) is 53.6 Å². The molecule has 3 aliphatic rings. The fourth-order valence-corrected chi connectivity index (χ4v) is 6.89. The zero-order valence-corrected chi connectivity index (χ0v) is 22.6. The number of fused-ring (bicyclic) bond motifs is 1. The van der Waals surface area contributed by atoms with Crippen LogP contribution in [0.5, 0.6) is 11.5 Å². The number of hydrogen-bond donors (Lipinski definition) is 2. The molecule has 8 heteroatoms. The van der Waals surface area contributed by atoms with E-state index in [9.17, 15) is 19.5 Å². The Morgan fingerprint density at radius 1 is 1.24 bits per heavy atom. The van der Waals surface area contributed by atoms with E-state index >= 15 is 0 Å². The van der Waals surface area contributed by atoms with Crippen LogP contribution in [0.15, 0.2) is 24.3 Å². The minimum atomic E-state index is -0.784. The minimum Gasteiger partial charge on any atom is -0.504 e. The number of ether oxygens (including phenoxy) is 2. The van der Waals surface area contributed by atoms with Gasteiger partial charge >= 0.3 is 5.97 Å². The molecule has 3 fully saturated rings. The first-order valence-electron chi connectivity index (χ1n) is 13.3. The normalized spacial score (nSPS) is 28.6. The quantitative estimate of drug-likeness (QED) is 0.384. The molecule has 1 aliphatic heterocycles. The second-order valence-electron chi connectivity index (χ2n) is 11.6. The van der Waals surface area contributed by atoms with Crippen LogP contribution in [0.25, 0.3) is 6.08 Å². The molecule has 202 valence electrons. The fourth-order valence-electron chi connectivity index (χ4n) is 6.89. The maximum Gasteiger partial charge on any atom is 0.328 e. The van der Waals surface area contributed by atoms with E-state index < -0.39 is 18.0 Å². The lowest BCUT2D eigenvalue weighted by atomic mass is 9.88. The summed E-state index contributed by atoms with van der Waals surface area (Å²) in [6.45, 7) is 9.55. The molecule has 1 saturated heterocycles. The van der Waals surface area contributed by atoms with Crippen molar-refractivity contribution in [2.24, 2.45) is 22.7 Å². The van der Waals surface area contributed by atoms with E-state index in [4.69, 9.17) is 9.47 Å². The Morgan fingerprint density at radius 3 is 2.68 bits per heavy atom. The summed E-state index contributed by atoms with van der Waals surface area (Å²) in [5, 5.41) is 12.4. The van der Waals surface area contributed by atoms with Gasteiger partial charge in [-0.1, -0.05) is 26.8 Å². The average Bonchev–Trinajstić information content (AvgIpc) is 3.28. The number of methoxy groups -OCH3 is 1. The van der Waals surface area contributed by atoms with E-state index in [0.717, 1.165) is 12.8 Å². The van der Waals surface area contributed by atoms with Crippen LogP contribution in [0.2, 0.25) is 0 Å². The van der Waals surface area contributed by atoms with Gasteiger partial charge in [-0.3, -0.25) is 9.59 Å². The average molecular weight is 513 g/mol. The fraction of sp³-hybridized carbons (Fsp3) is 0.621. The number of rotatable bonds is 9. The minimum absolute atomic E-state index is 0.00963. The Kier molecular flexibility index (Phi) is 7.58. The number of aromatic hydroxyl groups is 1. The third-order valence-electron chi connectivity index (χ3n) is 9.26. The Hall–Kier alpha value is -3.03. The first-order chi connectivity index (χ1) is 17.5. The predicted molar refractivity (Wildman–Crippen MR) is 140 cm³/mol. The summed E-state index contributed by atoms with van der Waals surface area (Å²) < 4.78 is 10.7. The summed E-state index contributed by atoms with van der Waals surface area (Å²) in [6.07, 6.45) is 7.51. The third kappa shape index (κ3) is 5.20. The molecule has 4 unspecified atom stereocenters. The maximum absolute atomic E-state index is 13.1. The Labute approximate surface area is 219 Å². The van der Waals surface area contributed by atoms with E-state index in [1.165, 1.54) is 32.1 Å².